The van der Waals surface area contributed by atoms with E-state index in [0.717, 1.165) is 18.5 Å². The molecule has 0 aliphatic heterocycles. The first kappa shape index (κ1) is 21.7. The Morgan fingerprint density at radius 2 is 1.59 bits per heavy atom. The summed E-state index contributed by atoms with van der Waals surface area (Å²) in [6.07, 6.45) is 0.819. The summed E-state index contributed by atoms with van der Waals surface area (Å²) >= 11 is 0. The van der Waals surface area contributed by atoms with Crippen LogP contribution in [0.1, 0.15) is 23.7 Å². The molecule has 0 bridgehead atoms. The molecule has 0 saturated carbocycles. The normalized spacial score (nSPS) is 10.9. The Bertz CT molecular complexity index is 772. The van der Waals surface area contributed by atoms with E-state index in [1.807, 2.05) is 50.5 Å². The Morgan fingerprint density at radius 1 is 1.04 bits per heavy atom. The molecule has 7 nitrogen and oxygen atoms in total. The van der Waals surface area contributed by atoms with Gasteiger partial charge in [-0.1, -0.05) is 42.5 Å². The first-order valence-electron chi connectivity index (χ1n) is 8.16. The minimum absolute atomic E-state index is 0.0527. The van der Waals surface area contributed by atoms with Crippen LogP contribution in [-0.2, 0) is 9.59 Å². The van der Waals surface area contributed by atoms with Crippen LogP contribution in [0.4, 0.5) is 0 Å². The molecule has 2 N–H and O–H groups in total. The summed E-state index contributed by atoms with van der Waals surface area (Å²) in [5, 5.41) is 24.0. The minimum Gasteiger partial charge on any atom is -0.484 e. The zero-order valence-corrected chi connectivity index (χ0v) is 15.2. The fourth-order valence-corrected chi connectivity index (χ4v) is 2.15. The van der Waals surface area contributed by atoms with Crippen LogP contribution in [0.15, 0.2) is 54.6 Å². The van der Waals surface area contributed by atoms with Crippen molar-refractivity contribution in [2.45, 2.75) is 12.5 Å². The average Bonchev–Trinajstić information content (AvgIpc) is 2.66. The topological polar surface area (TPSA) is 111 Å². The monoisotopic (exact) mass is 370 g/mol. The van der Waals surface area contributed by atoms with Crippen molar-refractivity contribution in [2.24, 2.45) is 0 Å². The fourth-order valence-electron chi connectivity index (χ4n) is 2.15. The third-order valence-electron chi connectivity index (χ3n) is 3.47. The number of para-hydroxylation sites is 1. The van der Waals surface area contributed by atoms with Crippen LogP contribution in [0, 0.1) is 11.3 Å². The lowest BCUT2D eigenvalue weighted by molar-refractivity contribution is -0.159. The van der Waals surface area contributed by atoms with Gasteiger partial charge in [0.1, 0.15) is 17.9 Å². The summed E-state index contributed by atoms with van der Waals surface area (Å²) in [6, 6.07) is 19.7. The number of carbonyl (C=O) groups is 2. The highest BCUT2D eigenvalue weighted by atomic mass is 16.5. The van der Waals surface area contributed by atoms with Crippen LogP contribution >= 0.6 is 0 Å². The van der Waals surface area contributed by atoms with Gasteiger partial charge in [-0.25, -0.2) is 9.59 Å². The largest absolute Gasteiger partial charge is 0.484 e. The molecule has 27 heavy (non-hydrogen) atoms. The molecule has 142 valence electrons. The fraction of sp³-hybridized carbons (Fsp3) is 0.250. The van der Waals surface area contributed by atoms with E-state index in [1.54, 1.807) is 6.07 Å². The standard InChI is InChI=1S/C18H20N2O.C2H2O4/c1-20(2)13-12-18(15-8-4-3-5-9-15)21-17-11-7-6-10-16(17)14-19;3-1(4)2(5)6/h3-11,18H,12-13H2,1-2H3;(H,3,4)(H,5,6). The van der Waals surface area contributed by atoms with Crippen LogP contribution in [-0.4, -0.2) is 47.7 Å². The van der Waals surface area contributed by atoms with Gasteiger partial charge >= 0.3 is 11.9 Å². The number of rotatable bonds is 6. The molecule has 1 unspecified atom stereocenters. The summed E-state index contributed by atoms with van der Waals surface area (Å²) in [7, 11) is 4.09. The molecule has 0 heterocycles. The van der Waals surface area contributed by atoms with E-state index in [0.29, 0.717) is 11.3 Å². The predicted molar refractivity (Wildman–Crippen MR) is 99.4 cm³/mol. The van der Waals surface area contributed by atoms with Gasteiger partial charge in [0.15, 0.2) is 0 Å². The SMILES string of the molecule is CN(C)CCC(Oc1ccccc1C#N)c1ccccc1.O=C(O)C(=O)O. The van der Waals surface area contributed by atoms with E-state index in [-0.39, 0.29) is 6.10 Å². The Morgan fingerprint density at radius 3 is 2.11 bits per heavy atom. The first-order chi connectivity index (χ1) is 12.8. The van der Waals surface area contributed by atoms with Gasteiger partial charge in [-0.2, -0.15) is 5.26 Å². The second kappa shape index (κ2) is 11.3. The Kier molecular flexibility index (Phi) is 9.06. The van der Waals surface area contributed by atoms with E-state index in [1.165, 1.54) is 0 Å². The van der Waals surface area contributed by atoms with Crippen molar-refractivity contribution >= 4 is 11.9 Å². The predicted octanol–water partition coefficient (Wildman–Crippen LogP) is 2.79. The van der Waals surface area contributed by atoms with Crippen molar-refractivity contribution in [3.05, 3.63) is 65.7 Å². The van der Waals surface area contributed by atoms with Crippen molar-refractivity contribution in [1.82, 2.24) is 4.90 Å². The van der Waals surface area contributed by atoms with E-state index in [2.05, 4.69) is 23.1 Å². The lowest BCUT2D eigenvalue weighted by Gasteiger charge is -2.22. The second-order valence-electron chi connectivity index (χ2n) is 5.83. The zero-order chi connectivity index (χ0) is 20.2. The maximum atomic E-state index is 9.18. The number of nitriles is 1. The Balaban J connectivity index is 0.000000527. The molecule has 2 aromatic rings. The molecule has 7 heteroatoms. The molecule has 0 aliphatic rings. The smallest absolute Gasteiger partial charge is 0.414 e. The highest BCUT2D eigenvalue weighted by Gasteiger charge is 2.15. The number of nitrogens with zero attached hydrogens (tertiary/aromatic N) is 2. The molecule has 0 amide bonds. The molecule has 0 aromatic heterocycles. The molecule has 0 radical (unpaired) electrons. The highest BCUT2D eigenvalue weighted by Crippen LogP contribution is 2.27. The molecule has 2 aromatic carbocycles. The van der Waals surface area contributed by atoms with Gasteiger partial charge < -0.3 is 19.8 Å². The van der Waals surface area contributed by atoms with Gasteiger partial charge in [-0.3, -0.25) is 0 Å². The summed E-state index contributed by atoms with van der Waals surface area (Å²) in [4.78, 5) is 20.3. The third-order valence-corrected chi connectivity index (χ3v) is 3.47. The molecule has 0 spiro atoms. The van der Waals surface area contributed by atoms with Gasteiger partial charge in [-0.15, -0.1) is 0 Å². The van der Waals surface area contributed by atoms with Crippen molar-refractivity contribution < 1.29 is 24.5 Å². The molecule has 0 aliphatic carbocycles. The zero-order valence-electron chi connectivity index (χ0n) is 15.2. The van der Waals surface area contributed by atoms with E-state index in [4.69, 9.17) is 24.5 Å². The number of benzene rings is 2. The van der Waals surface area contributed by atoms with Gasteiger partial charge in [0.05, 0.1) is 5.56 Å². The van der Waals surface area contributed by atoms with Crippen molar-refractivity contribution in [3.8, 4) is 11.8 Å². The number of hydrogen-bond donors (Lipinski definition) is 2. The van der Waals surface area contributed by atoms with Crippen LogP contribution in [0.25, 0.3) is 0 Å². The quantitative estimate of drug-likeness (QED) is 0.752. The van der Waals surface area contributed by atoms with Crippen molar-refractivity contribution in [3.63, 3.8) is 0 Å². The number of ether oxygens (including phenoxy) is 1. The van der Waals surface area contributed by atoms with E-state index in [9.17, 15) is 5.26 Å². The van der Waals surface area contributed by atoms with Crippen LogP contribution in [0.2, 0.25) is 0 Å². The Labute approximate surface area is 158 Å². The maximum Gasteiger partial charge on any atom is 0.414 e. The van der Waals surface area contributed by atoms with Crippen molar-refractivity contribution in [1.29, 1.82) is 5.26 Å². The third kappa shape index (κ3) is 8.03. The molecule has 2 rings (SSSR count). The summed E-state index contributed by atoms with van der Waals surface area (Å²) in [6.45, 7) is 0.925. The molecule has 0 fully saturated rings. The number of carboxylic acid groups (broad SMARTS) is 2. The van der Waals surface area contributed by atoms with Crippen LogP contribution in [0.3, 0.4) is 0 Å². The van der Waals surface area contributed by atoms with E-state index < -0.39 is 11.9 Å². The molecule has 0 saturated heterocycles. The van der Waals surface area contributed by atoms with Gasteiger partial charge in [-0.05, 0) is 31.8 Å². The minimum atomic E-state index is -1.82. The lowest BCUT2D eigenvalue weighted by Crippen LogP contribution is -2.19. The summed E-state index contributed by atoms with van der Waals surface area (Å²) in [5.41, 5.74) is 1.70. The molecular formula is C20H22N2O5. The van der Waals surface area contributed by atoms with E-state index >= 15 is 0 Å². The van der Waals surface area contributed by atoms with Gasteiger partial charge in [0, 0.05) is 13.0 Å². The summed E-state index contributed by atoms with van der Waals surface area (Å²) < 4.78 is 6.12. The molecular weight excluding hydrogens is 348 g/mol. The lowest BCUT2D eigenvalue weighted by atomic mass is 10.1. The van der Waals surface area contributed by atoms with Gasteiger partial charge in [0.25, 0.3) is 0 Å². The summed E-state index contributed by atoms with van der Waals surface area (Å²) in [5.74, 6) is -3.00. The van der Waals surface area contributed by atoms with Crippen molar-refractivity contribution in [2.75, 3.05) is 20.6 Å². The Hall–Kier alpha value is -3.37. The number of hydrogen-bond acceptors (Lipinski definition) is 5. The highest BCUT2D eigenvalue weighted by molar-refractivity contribution is 6.27. The second-order valence-corrected chi connectivity index (χ2v) is 5.83. The van der Waals surface area contributed by atoms with Crippen LogP contribution in [0.5, 0.6) is 5.75 Å². The number of aliphatic carboxylic acids is 2. The van der Waals surface area contributed by atoms with Gasteiger partial charge in [0.2, 0.25) is 0 Å². The maximum absolute atomic E-state index is 9.18. The number of carboxylic acids is 2. The molecule has 1 atom stereocenters. The first-order valence-corrected chi connectivity index (χ1v) is 8.16. The average molecular weight is 370 g/mol. The van der Waals surface area contributed by atoms with Crippen LogP contribution < -0.4 is 4.74 Å².